The number of hydrogen-bond donors (Lipinski definition) is 1. The van der Waals surface area contributed by atoms with Crippen LogP contribution in [0.1, 0.15) is 134 Å². The van der Waals surface area contributed by atoms with Crippen LogP contribution in [0.25, 0.3) is 0 Å². The second kappa shape index (κ2) is 13.5. The van der Waals surface area contributed by atoms with Gasteiger partial charge in [0, 0.05) is 5.56 Å². The van der Waals surface area contributed by atoms with Crippen molar-refractivity contribution in [3.8, 4) is 5.75 Å². The summed E-state index contributed by atoms with van der Waals surface area (Å²) in [5.41, 5.74) is 2.16. The highest BCUT2D eigenvalue weighted by Gasteiger charge is 2.52. The van der Waals surface area contributed by atoms with Crippen molar-refractivity contribution in [3.05, 3.63) is 65.2 Å². The number of aromatic carboxylic acids is 1. The average Bonchev–Trinajstić information content (AvgIpc) is 3.22. The van der Waals surface area contributed by atoms with Crippen LogP contribution in [0.5, 0.6) is 5.75 Å². The lowest BCUT2D eigenvalue weighted by molar-refractivity contribution is -0.134. The Morgan fingerprint density at radius 3 is 2.25 bits per heavy atom. The first-order chi connectivity index (χ1) is 20.6. The number of carboxylic acid groups (broad SMARTS) is 1. The zero-order valence-corrected chi connectivity index (χ0v) is 28.3. The smallest absolute Gasteiger partial charge is 0.335 e. The molecule has 1 fully saturated rings. The van der Waals surface area contributed by atoms with Crippen molar-refractivity contribution >= 4 is 17.6 Å². The van der Waals surface area contributed by atoms with Gasteiger partial charge in [-0.25, -0.2) is 4.79 Å². The highest BCUT2D eigenvalue weighted by Crippen LogP contribution is 2.50. The fraction of sp³-hybridized carbons (Fsp3) is 0.605. The van der Waals surface area contributed by atoms with E-state index in [9.17, 15) is 14.7 Å². The van der Waals surface area contributed by atoms with Crippen LogP contribution in [0.2, 0.25) is 0 Å². The normalized spacial score (nSPS) is 21.6. The molecule has 1 spiro atoms. The lowest BCUT2D eigenvalue weighted by Crippen LogP contribution is -2.51. The second-order valence-electron chi connectivity index (χ2n) is 15.7. The predicted octanol–water partition coefficient (Wildman–Crippen LogP) is 9.33. The molecule has 2 aromatic carbocycles. The van der Waals surface area contributed by atoms with Crippen molar-refractivity contribution in [2.24, 2.45) is 27.7 Å². The third-order valence-electron chi connectivity index (χ3n) is 9.52. The molecule has 4 rings (SSSR count). The van der Waals surface area contributed by atoms with Crippen molar-refractivity contribution in [3.63, 3.8) is 0 Å². The SMILES string of the molecule is CC(C)CCCOc1cccc(C2=NC3(CCC(C(C)(C)C)CC3)N([C@H](CCC(C)(C)C)c3ccc(C(=O)O)cc3)C2=O)c1. The zero-order chi connectivity index (χ0) is 32.3. The Labute approximate surface area is 265 Å². The Morgan fingerprint density at radius 1 is 1.02 bits per heavy atom. The number of carbonyl (C=O) groups excluding carboxylic acids is 1. The van der Waals surface area contributed by atoms with E-state index in [1.165, 1.54) is 0 Å². The standard InChI is InChI=1S/C38H54N2O4/c1-26(2)11-10-24-44-31-13-9-12-29(25-31)33-34(41)40(38(39-33)22-18-30(19-23-38)37(6,7)8)32(20-21-36(3,4)5)27-14-16-28(17-15-27)35(42)43/h9,12-17,25-26,30,32H,10-11,18-24H2,1-8H3,(H,42,43)/t30?,32-,38?/m1/s1. The number of hydrogen-bond acceptors (Lipinski definition) is 4. The fourth-order valence-corrected chi connectivity index (χ4v) is 6.81. The monoisotopic (exact) mass is 602 g/mol. The Hall–Kier alpha value is -3.15. The number of carboxylic acids is 1. The molecule has 0 unspecified atom stereocenters. The van der Waals surface area contributed by atoms with Crippen LogP contribution in [-0.2, 0) is 4.79 Å². The zero-order valence-electron chi connectivity index (χ0n) is 28.3. The molecule has 6 heteroatoms. The molecule has 2 aliphatic rings. The molecule has 0 aromatic heterocycles. The summed E-state index contributed by atoms with van der Waals surface area (Å²) >= 11 is 0. The van der Waals surface area contributed by atoms with E-state index in [1.54, 1.807) is 12.1 Å². The summed E-state index contributed by atoms with van der Waals surface area (Å²) in [7, 11) is 0. The molecular formula is C38H54N2O4. The number of amides is 1. The third kappa shape index (κ3) is 8.11. The molecule has 1 saturated carbocycles. The van der Waals surface area contributed by atoms with Gasteiger partial charge in [0.15, 0.2) is 0 Å². The summed E-state index contributed by atoms with van der Waals surface area (Å²) < 4.78 is 6.10. The van der Waals surface area contributed by atoms with Gasteiger partial charge < -0.3 is 14.7 Å². The van der Waals surface area contributed by atoms with Gasteiger partial charge in [-0.1, -0.05) is 79.7 Å². The van der Waals surface area contributed by atoms with Gasteiger partial charge in [-0.05, 0) is 104 Å². The lowest BCUT2D eigenvalue weighted by Gasteiger charge is -2.47. The molecule has 44 heavy (non-hydrogen) atoms. The van der Waals surface area contributed by atoms with Crippen molar-refractivity contribution < 1.29 is 19.4 Å². The van der Waals surface area contributed by atoms with Crippen molar-refractivity contribution in [2.75, 3.05) is 6.61 Å². The maximum absolute atomic E-state index is 14.7. The molecule has 2 aromatic rings. The first-order valence-corrected chi connectivity index (χ1v) is 16.6. The lowest BCUT2D eigenvalue weighted by atomic mass is 9.69. The van der Waals surface area contributed by atoms with E-state index in [4.69, 9.17) is 9.73 Å². The van der Waals surface area contributed by atoms with E-state index in [2.05, 4.69) is 60.3 Å². The Morgan fingerprint density at radius 2 is 1.68 bits per heavy atom. The highest BCUT2D eigenvalue weighted by molar-refractivity contribution is 6.46. The molecular weight excluding hydrogens is 548 g/mol. The number of nitrogens with zero attached hydrogens (tertiary/aromatic N) is 2. The van der Waals surface area contributed by atoms with Gasteiger partial charge in [0.1, 0.15) is 17.1 Å². The van der Waals surface area contributed by atoms with Crippen LogP contribution in [0.3, 0.4) is 0 Å². The summed E-state index contributed by atoms with van der Waals surface area (Å²) in [4.78, 5) is 33.8. The number of aliphatic imine (C=N–C) groups is 1. The Kier molecular flexibility index (Phi) is 10.3. The molecule has 0 saturated heterocycles. The van der Waals surface area contributed by atoms with Crippen LogP contribution in [-0.4, -0.2) is 39.9 Å². The molecule has 240 valence electrons. The Bertz CT molecular complexity index is 1320. The van der Waals surface area contributed by atoms with Gasteiger partial charge in [0.05, 0.1) is 18.2 Å². The van der Waals surface area contributed by atoms with Gasteiger partial charge in [0.2, 0.25) is 0 Å². The maximum Gasteiger partial charge on any atom is 0.335 e. The molecule has 1 aliphatic heterocycles. The van der Waals surface area contributed by atoms with E-state index in [0.717, 1.165) is 68.2 Å². The minimum atomic E-state index is -0.950. The molecule has 1 N–H and O–H groups in total. The van der Waals surface area contributed by atoms with Crippen LogP contribution in [0.15, 0.2) is 53.5 Å². The minimum absolute atomic E-state index is 0.0441. The van der Waals surface area contributed by atoms with Crippen LogP contribution in [0, 0.1) is 22.7 Å². The van der Waals surface area contributed by atoms with E-state index in [1.807, 2.05) is 36.4 Å². The first kappa shape index (κ1) is 33.7. The van der Waals surface area contributed by atoms with E-state index >= 15 is 0 Å². The summed E-state index contributed by atoms with van der Waals surface area (Å²) in [6.45, 7) is 18.7. The van der Waals surface area contributed by atoms with Gasteiger partial charge >= 0.3 is 5.97 Å². The van der Waals surface area contributed by atoms with E-state index < -0.39 is 11.6 Å². The third-order valence-corrected chi connectivity index (χ3v) is 9.52. The minimum Gasteiger partial charge on any atom is -0.494 e. The van der Waals surface area contributed by atoms with Crippen molar-refractivity contribution in [2.45, 2.75) is 118 Å². The Balaban J connectivity index is 1.73. The summed E-state index contributed by atoms with van der Waals surface area (Å²) in [5, 5.41) is 9.55. The molecule has 1 aliphatic carbocycles. The van der Waals surface area contributed by atoms with Crippen LogP contribution in [0.4, 0.5) is 0 Å². The first-order valence-electron chi connectivity index (χ1n) is 16.6. The highest BCUT2D eigenvalue weighted by atomic mass is 16.5. The molecule has 0 radical (unpaired) electrons. The second-order valence-corrected chi connectivity index (χ2v) is 15.7. The van der Waals surface area contributed by atoms with E-state index in [0.29, 0.717) is 24.2 Å². The molecule has 1 atom stereocenters. The summed E-state index contributed by atoms with van der Waals surface area (Å²) in [6.07, 6.45) is 7.43. The topological polar surface area (TPSA) is 79.2 Å². The summed E-state index contributed by atoms with van der Waals surface area (Å²) in [6, 6.07) is 14.7. The predicted molar refractivity (Wildman–Crippen MR) is 178 cm³/mol. The quantitative estimate of drug-likeness (QED) is 0.260. The van der Waals surface area contributed by atoms with E-state index in [-0.39, 0.29) is 28.3 Å². The van der Waals surface area contributed by atoms with Crippen LogP contribution < -0.4 is 4.74 Å². The van der Waals surface area contributed by atoms with Gasteiger partial charge in [0.25, 0.3) is 5.91 Å². The van der Waals surface area contributed by atoms with Crippen LogP contribution >= 0.6 is 0 Å². The largest absolute Gasteiger partial charge is 0.494 e. The number of benzene rings is 2. The molecule has 6 nitrogen and oxygen atoms in total. The molecule has 1 amide bonds. The number of carbonyl (C=O) groups is 2. The molecule has 0 bridgehead atoms. The van der Waals surface area contributed by atoms with Gasteiger partial charge in [-0.3, -0.25) is 9.79 Å². The van der Waals surface area contributed by atoms with Crippen molar-refractivity contribution in [1.82, 2.24) is 4.90 Å². The number of rotatable bonds is 11. The average molecular weight is 603 g/mol. The van der Waals surface area contributed by atoms with Crippen molar-refractivity contribution in [1.29, 1.82) is 0 Å². The maximum atomic E-state index is 14.7. The fourth-order valence-electron chi connectivity index (χ4n) is 6.81. The van der Waals surface area contributed by atoms with Gasteiger partial charge in [-0.2, -0.15) is 0 Å². The van der Waals surface area contributed by atoms with Gasteiger partial charge in [-0.15, -0.1) is 0 Å². The summed E-state index contributed by atoms with van der Waals surface area (Å²) in [5.74, 6) is 0.970. The molecule has 1 heterocycles. The number of ether oxygens (including phenoxy) is 1.